The molecule has 0 aliphatic rings. The summed E-state index contributed by atoms with van der Waals surface area (Å²) in [6.45, 7) is 0.366. The highest BCUT2D eigenvalue weighted by molar-refractivity contribution is 5.50. The van der Waals surface area contributed by atoms with E-state index in [4.69, 9.17) is 4.74 Å². The Bertz CT molecular complexity index is 557. The van der Waals surface area contributed by atoms with Crippen molar-refractivity contribution in [3.8, 4) is 5.75 Å². The van der Waals surface area contributed by atoms with E-state index < -0.39 is 11.7 Å². The molecule has 2 aromatic rings. The van der Waals surface area contributed by atoms with Gasteiger partial charge in [0.05, 0.1) is 5.56 Å². The van der Waals surface area contributed by atoms with Crippen molar-refractivity contribution in [3.05, 3.63) is 71.8 Å². The maximum atomic E-state index is 12.4. The maximum Gasteiger partial charge on any atom is 0.416 e. The number of para-hydroxylation sites is 1. The molecular formula is C16H13F3O. The molecule has 0 radical (unpaired) electrons. The maximum absolute atomic E-state index is 12.4. The fraction of sp³-hybridized carbons (Fsp3) is 0.125. The van der Waals surface area contributed by atoms with Crippen LogP contribution in [0.4, 0.5) is 13.2 Å². The third-order valence-corrected chi connectivity index (χ3v) is 2.64. The molecule has 104 valence electrons. The van der Waals surface area contributed by atoms with Gasteiger partial charge in [0, 0.05) is 0 Å². The Morgan fingerprint density at radius 3 is 2.15 bits per heavy atom. The average Bonchev–Trinajstić information content (AvgIpc) is 2.44. The Balaban J connectivity index is 1.89. The Morgan fingerprint density at radius 1 is 0.900 bits per heavy atom. The van der Waals surface area contributed by atoms with Gasteiger partial charge in [-0.3, -0.25) is 0 Å². The fourth-order valence-corrected chi connectivity index (χ4v) is 1.63. The lowest BCUT2D eigenvalue weighted by atomic mass is 10.1. The predicted molar refractivity (Wildman–Crippen MR) is 72.4 cm³/mol. The number of hydrogen-bond donors (Lipinski definition) is 0. The molecule has 0 spiro atoms. The number of ether oxygens (including phenoxy) is 1. The molecule has 0 unspecified atom stereocenters. The standard InChI is InChI=1S/C16H13F3O/c17-16(18,19)14-10-8-13(9-11-14)5-4-12-20-15-6-2-1-3-7-15/h1-11H,12H2/b5-4+. The van der Waals surface area contributed by atoms with E-state index >= 15 is 0 Å². The van der Waals surface area contributed by atoms with Crippen LogP contribution in [0, 0.1) is 0 Å². The Morgan fingerprint density at radius 2 is 1.55 bits per heavy atom. The molecule has 0 bridgehead atoms. The largest absolute Gasteiger partial charge is 0.490 e. The van der Waals surface area contributed by atoms with Crippen molar-refractivity contribution in [2.75, 3.05) is 6.61 Å². The molecular weight excluding hydrogens is 265 g/mol. The Kier molecular flexibility index (Phi) is 4.45. The van der Waals surface area contributed by atoms with Gasteiger partial charge in [-0.05, 0) is 35.9 Å². The van der Waals surface area contributed by atoms with Crippen LogP contribution in [0.2, 0.25) is 0 Å². The molecule has 0 N–H and O–H groups in total. The van der Waals surface area contributed by atoms with Gasteiger partial charge >= 0.3 is 6.18 Å². The van der Waals surface area contributed by atoms with Gasteiger partial charge in [-0.2, -0.15) is 13.2 Å². The van der Waals surface area contributed by atoms with Gasteiger partial charge < -0.3 is 4.74 Å². The summed E-state index contributed by atoms with van der Waals surface area (Å²) in [4.78, 5) is 0. The first-order chi connectivity index (χ1) is 9.55. The number of hydrogen-bond acceptors (Lipinski definition) is 1. The summed E-state index contributed by atoms with van der Waals surface area (Å²) in [6.07, 6.45) is -0.808. The lowest BCUT2D eigenvalue weighted by molar-refractivity contribution is -0.137. The number of benzene rings is 2. The summed E-state index contributed by atoms with van der Waals surface area (Å²) in [5.74, 6) is 0.754. The van der Waals surface area contributed by atoms with Crippen LogP contribution in [0.1, 0.15) is 11.1 Å². The van der Waals surface area contributed by atoms with Gasteiger partial charge in [0.2, 0.25) is 0 Å². The van der Waals surface area contributed by atoms with E-state index in [0.29, 0.717) is 12.2 Å². The third kappa shape index (κ3) is 4.16. The summed E-state index contributed by atoms with van der Waals surface area (Å²) in [5, 5.41) is 0. The summed E-state index contributed by atoms with van der Waals surface area (Å²) in [5.41, 5.74) is 0.0600. The van der Waals surface area contributed by atoms with Gasteiger partial charge in [0.1, 0.15) is 12.4 Å². The summed E-state index contributed by atoms with van der Waals surface area (Å²) < 4.78 is 42.6. The molecule has 20 heavy (non-hydrogen) atoms. The van der Waals surface area contributed by atoms with Gasteiger partial charge in [-0.25, -0.2) is 0 Å². The number of alkyl halides is 3. The Hall–Kier alpha value is -2.23. The van der Waals surface area contributed by atoms with Gasteiger partial charge in [-0.1, -0.05) is 36.4 Å². The van der Waals surface area contributed by atoms with Crippen LogP contribution in [0.15, 0.2) is 60.7 Å². The molecule has 0 saturated heterocycles. The summed E-state index contributed by atoms with van der Waals surface area (Å²) in [7, 11) is 0. The highest BCUT2D eigenvalue weighted by Gasteiger charge is 2.29. The quantitative estimate of drug-likeness (QED) is 0.780. The van der Waals surface area contributed by atoms with Crippen molar-refractivity contribution in [1.29, 1.82) is 0 Å². The summed E-state index contributed by atoms with van der Waals surface area (Å²) >= 11 is 0. The summed E-state index contributed by atoms with van der Waals surface area (Å²) in [6, 6.07) is 14.3. The molecule has 0 saturated carbocycles. The molecule has 0 heterocycles. The molecule has 2 aromatic carbocycles. The molecule has 2 rings (SSSR count). The average molecular weight is 278 g/mol. The monoisotopic (exact) mass is 278 g/mol. The zero-order valence-corrected chi connectivity index (χ0v) is 10.6. The van der Waals surface area contributed by atoms with Crippen molar-refractivity contribution in [3.63, 3.8) is 0 Å². The first-order valence-corrected chi connectivity index (χ1v) is 6.07. The van der Waals surface area contributed by atoms with Crippen LogP contribution in [0.3, 0.4) is 0 Å². The van der Waals surface area contributed by atoms with E-state index in [9.17, 15) is 13.2 Å². The van der Waals surface area contributed by atoms with Crippen LogP contribution in [-0.4, -0.2) is 6.61 Å². The van der Waals surface area contributed by atoms with Gasteiger partial charge in [0.15, 0.2) is 0 Å². The minimum absolute atomic E-state index is 0.366. The second-order valence-corrected chi connectivity index (χ2v) is 4.15. The van der Waals surface area contributed by atoms with Crippen molar-refractivity contribution >= 4 is 6.08 Å². The zero-order valence-electron chi connectivity index (χ0n) is 10.6. The SMILES string of the molecule is FC(F)(F)c1ccc(/C=C/COc2ccccc2)cc1. The third-order valence-electron chi connectivity index (χ3n) is 2.64. The van der Waals surface area contributed by atoms with Crippen LogP contribution in [0.5, 0.6) is 5.75 Å². The molecule has 1 nitrogen and oxygen atoms in total. The predicted octanol–water partition coefficient (Wildman–Crippen LogP) is 4.80. The lowest BCUT2D eigenvalue weighted by Gasteiger charge is -2.06. The molecule has 0 fully saturated rings. The van der Waals surface area contributed by atoms with E-state index in [-0.39, 0.29) is 0 Å². The lowest BCUT2D eigenvalue weighted by Crippen LogP contribution is -2.03. The molecule has 0 atom stereocenters. The normalized spacial score (nSPS) is 11.8. The van der Waals surface area contributed by atoms with Crippen molar-refractivity contribution in [2.24, 2.45) is 0 Å². The number of halogens is 3. The first-order valence-electron chi connectivity index (χ1n) is 6.07. The van der Waals surface area contributed by atoms with Crippen LogP contribution < -0.4 is 4.74 Å². The molecule has 0 aliphatic heterocycles. The number of rotatable bonds is 4. The van der Waals surface area contributed by atoms with Gasteiger partial charge in [-0.15, -0.1) is 0 Å². The highest BCUT2D eigenvalue weighted by Crippen LogP contribution is 2.29. The molecule has 0 amide bonds. The van der Waals surface area contributed by atoms with Crippen molar-refractivity contribution in [1.82, 2.24) is 0 Å². The van der Waals surface area contributed by atoms with E-state index in [0.717, 1.165) is 17.9 Å². The van der Waals surface area contributed by atoms with E-state index in [1.165, 1.54) is 12.1 Å². The first kappa shape index (κ1) is 14.2. The topological polar surface area (TPSA) is 9.23 Å². The fourth-order valence-electron chi connectivity index (χ4n) is 1.63. The molecule has 0 aliphatic carbocycles. The van der Waals surface area contributed by atoms with Crippen LogP contribution in [0.25, 0.3) is 6.08 Å². The van der Waals surface area contributed by atoms with Crippen molar-refractivity contribution < 1.29 is 17.9 Å². The van der Waals surface area contributed by atoms with Crippen LogP contribution in [-0.2, 0) is 6.18 Å². The van der Waals surface area contributed by atoms with Crippen molar-refractivity contribution in [2.45, 2.75) is 6.18 Å². The Labute approximate surface area is 115 Å². The smallest absolute Gasteiger partial charge is 0.416 e. The molecule has 4 heteroatoms. The van der Waals surface area contributed by atoms with Gasteiger partial charge in [0.25, 0.3) is 0 Å². The van der Waals surface area contributed by atoms with E-state index in [1.807, 2.05) is 30.3 Å². The highest BCUT2D eigenvalue weighted by atomic mass is 19.4. The van der Waals surface area contributed by atoms with Crippen LogP contribution >= 0.6 is 0 Å². The zero-order chi connectivity index (χ0) is 14.4. The minimum atomic E-state index is -4.29. The second kappa shape index (κ2) is 6.28. The minimum Gasteiger partial charge on any atom is -0.490 e. The second-order valence-electron chi connectivity index (χ2n) is 4.15. The van der Waals surface area contributed by atoms with E-state index in [1.54, 1.807) is 12.2 Å². The van der Waals surface area contributed by atoms with E-state index in [2.05, 4.69) is 0 Å². The molecule has 0 aromatic heterocycles.